The fourth-order valence-electron chi connectivity index (χ4n) is 6.17. The number of thioether (sulfide) groups is 1. The van der Waals surface area contributed by atoms with E-state index in [9.17, 15) is 24.2 Å². The predicted molar refractivity (Wildman–Crippen MR) is 143 cm³/mol. The first-order chi connectivity index (χ1) is 18.7. The van der Waals surface area contributed by atoms with Crippen molar-refractivity contribution in [3.8, 4) is 5.75 Å². The van der Waals surface area contributed by atoms with Crippen molar-refractivity contribution in [2.45, 2.75) is 67.5 Å². The number of amides is 1. The number of pyridine rings is 1. The maximum Gasteiger partial charge on any atom is 0.278 e. The van der Waals surface area contributed by atoms with Crippen molar-refractivity contribution < 1.29 is 23.8 Å². The molecule has 3 aliphatic heterocycles. The van der Waals surface area contributed by atoms with Gasteiger partial charge in [-0.05, 0) is 36.1 Å². The fourth-order valence-corrected chi connectivity index (χ4v) is 7.29. The van der Waals surface area contributed by atoms with E-state index >= 15 is 4.39 Å². The Labute approximate surface area is 228 Å². The van der Waals surface area contributed by atoms with Gasteiger partial charge in [-0.25, -0.2) is 8.78 Å². The number of unbranched alkanes of at least 4 members (excludes halogenated alkanes) is 1. The van der Waals surface area contributed by atoms with Crippen molar-refractivity contribution in [2.24, 2.45) is 0 Å². The highest BCUT2D eigenvalue weighted by atomic mass is 32.2. The Kier molecular flexibility index (Phi) is 6.42. The monoisotopic (exact) mass is 553 g/mol. The van der Waals surface area contributed by atoms with Gasteiger partial charge in [0, 0.05) is 41.4 Å². The summed E-state index contributed by atoms with van der Waals surface area (Å²) in [6, 6.07) is 10.7. The maximum atomic E-state index is 15.3. The number of fused-ring (bicyclic) bond motifs is 4. The van der Waals surface area contributed by atoms with Crippen LogP contribution in [0.2, 0.25) is 0 Å². The first kappa shape index (κ1) is 25.9. The zero-order chi connectivity index (χ0) is 27.5. The standard InChI is InChI=1S/C29H29F2N3O4S/c1-2-3-11-29(38)12-14-32-23(15-29)34(33-13-10-21(35)27(36)26(33)28(32)37)25-17-8-9-20(30)24(31)19(17)16-39-22-7-5-4-6-18(22)25/h4-10,13,23,25,36,38H,2-3,11-12,14-16H2,1H3/t23?,25-,29?/m0/s1. The summed E-state index contributed by atoms with van der Waals surface area (Å²) in [5.74, 6) is -2.84. The van der Waals surface area contributed by atoms with Crippen LogP contribution in [0.3, 0.4) is 0 Å². The highest BCUT2D eigenvalue weighted by Gasteiger charge is 2.50. The van der Waals surface area contributed by atoms with E-state index in [1.807, 2.05) is 29.3 Å². The summed E-state index contributed by atoms with van der Waals surface area (Å²) in [4.78, 5) is 28.6. The molecule has 0 radical (unpaired) electrons. The summed E-state index contributed by atoms with van der Waals surface area (Å²) < 4.78 is 31.2. The van der Waals surface area contributed by atoms with Crippen molar-refractivity contribution in [3.63, 3.8) is 0 Å². The molecule has 3 aliphatic rings. The second-order valence-corrected chi connectivity index (χ2v) is 11.5. The van der Waals surface area contributed by atoms with E-state index < -0.39 is 46.5 Å². The lowest BCUT2D eigenvalue weighted by Gasteiger charge is -2.54. The fraction of sp³-hybridized carbons (Fsp3) is 0.379. The van der Waals surface area contributed by atoms with E-state index in [0.717, 1.165) is 29.4 Å². The van der Waals surface area contributed by atoms with E-state index in [4.69, 9.17) is 0 Å². The first-order valence-electron chi connectivity index (χ1n) is 13.2. The molecule has 2 unspecified atom stereocenters. The maximum absolute atomic E-state index is 15.3. The van der Waals surface area contributed by atoms with Gasteiger partial charge in [-0.3, -0.25) is 19.3 Å². The molecule has 3 atom stereocenters. The van der Waals surface area contributed by atoms with E-state index in [-0.39, 0.29) is 30.0 Å². The number of hydrogen-bond donors (Lipinski definition) is 2. The Morgan fingerprint density at radius 1 is 1.10 bits per heavy atom. The van der Waals surface area contributed by atoms with Crippen LogP contribution in [0.15, 0.2) is 58.4 Å². The molecule has 2 N–H and O–H groups in total. The molecule has 39 heavy (non-hydrogen) atoms. The van der Waals surface area contributed by atoms with Gasteiger partial charge in [-0.15, -0.1) is 11.8 Å². The van der Waals surface area contributed by atoms with Crippen LogP contribution < -0.4 is 10.4 Å². The molecular formula is C29H29F2N3O4S. The Hall–Kier alpha value is -3.37. The molecule has 2 aromatic carbocycles. The van der Waals surface area contributed by atoms with Gasteiger partial charge in [0.05, 0.1) is 11.6 Å². The molecule has 7 nitrogen and oxygen atoms in total. The Morgan fingerprint density at radius 2 is 1.90 bits per heavy atom. The van der Waals surface area contributed by atoms with Crippen LogP contribution in [0.4, 0.5) is 8.78 Å². The summed E-state index contributed by atoms with van der Waals surface area (Å²) in [5.41, 5.74) is -0.357. The Bertz CT molecular complexity index is 1530. The molecule has 0 bridgehead atoms. The number of aliphatic hydroxyl groups is 1. The number of nitrogens with zero attached hydrogens (tertiary/aromatic N) is 3. The molecule has 3 aromatic rings. The number of aromatic nitrogens is 1. The van der Waals surface area contributed by atoms with Crippen LogP contribution in [0.5, 0.6) is 5.75 Å². The number of hydrogen-bond acceptors (Lipinski definition) is 6. The molecular weight excluding hydrogens is 524 g/mol. The van der Waals surface area contributed by atoms with Crippen LogP contribution in [0.25, 0.3) is 0 Å². The van der Waals surface area contributed by atoms with Gasteiger partial charge in [0.25, 0.3) is 5.91 Å². The van der Waals surface area contributed by atoms with Crippen molar-refractivity contribution in [1.29, 1.82) is 0 Å². The molecule has 0 saturated carbocycles. The van der Waals surface area contributed by atoms with Crippen molar-refractivity contribution in [1.82, 2.24) is 9.58 Å². The van der Waals surface area contributed by atoms with Gasteiger partial charge in [0.1, 0.15) is 6.17 Å². The van der Waals surface area contributed by atoms with E-state index in [0.29, 0.717) is 18.4 Å². The SMILES string of the molecule is CCCCC1(O)CCN2C(=O)c3c(O)c(=O)ccn3N([C@@H]3c4ccccc4SCc4c3ccc(F)c4F)C2C1. The topological polar surface area (TPSA) is 86.0 Å². The average molecular weight is 554 g/mol. The van der Waals surface area contributed by atoms with Gasteiger partial charge >= 0.3 is 0 Å². The second-order valence-electron chi connectivity index (χ2n) is 10.5. The highest BCUT2D eigenvalue weighted by Crippen LogP contribution is 2.47. The van der Waals surface area contributed by atoms with Crippen LogP contribution in [-0.2, 0) is 5.75 Å². The number of carbonyl (C=O) groups excluding carboxylic acids is 1. The average Bonchev–Trinajstić information content (AvgIpc) is 3.09. The number of halogens is 2. The van der Waals surface area contributed by atoms with Gasteiger partial charge in [0.15, 0.2) is 23.1 Å². The molecule has 0 aliphatic carbocycles. The molecule has 1 fully saturated rings. The molecule has 204 valence electrons. The molecule has 1 aromatic heterocycles. The van der Waals surface area contributed by atoms with Gasteiger partial charge < -0.3 is 15.1 Å². The zero-order valence-corrected chi connectivity index (χ0v) is 22.3. The number of aromatic hydroxyl groups is 1. The molecule has 6 rings (SSSR count). The lowest BCUT2D eigenvalue weighted by Crippen LogP contribution is -2.67. The molecule has 1 saturated heterocycles. The van der Waals surface area contributed by atoms with Gasteiger partial charge in [0.2, 0.25) is 5.43 Å². The number of piperidine rings is 1. The normalized spacial score (nSPS) is 23.9. The molecule has 1 amide bonds. The summed E-state index contributed by atoms with van der Waals surface area (Å²) in [7, 11) is 0. The predicted octanol–water partition coefficient (Wildman–Crippen LogP) is 4.66. The summed E-state index contributed by atoms with van der Waals surface area (Å²) in [6.07, 6.45) is 3.62. The van der Waals surface area contributed by atoms with Crippen LogP contribution in [-0.4, -0.2) is 44.0 Å². The smallest absolute Gasteiger partial charge is 0.278 e. The van der Waals surface area contributed by atoms with Crippen molar-refractivity contribution in [3.05, 3.63) is 92.9 Å². The largest absolute Gasteiger partial charge is 0.502 e. The third-order valence-corrected chi connectivity index (χ3v) is 9.30. The van der Waals surface area contributed by atoms with Gasteiger partial charge in [-0.2, -0.15) is 0 Å². The minimum absolute atomic E-state index is 0.184. The third-order valence-electron chi connectivity index (χ3n) is 8.18. The molecule has 10 heteroatoms. The van der Waals surface area contributed by atoms with Crippen molar-refractivity contribution >= 4 is 17.7 Å². The lowest BCUT2D eigenvalue weighted by molar-refractivity contribution is -0.0560. The highest BCUT2D eigenvalue weighted by molar-refractivity contribution is 7.98. The van der Waals surface area contributed by atoms with Crippen molar-refractivity contribution in [2.75, 3.05) is 11.6 Å². The lowest BCUT2D eigenvalue weighted by atomic mass is 9.83. The zero-order valence-electron chi connectivity index (χ0n) is 21.4. The van der Waals surface area contributed by atoms with E-state index in [2.05, 4.69) is 6.92 Å². The van der Waals surface area contributed by atoms with E-state index in [1.165, 1.54) is 28.7 Å². The quantitative estimate of drug-likeness (QED) is 0.489. The number of rotatable bonds is 4. The number of carbonyl (C=O) groups is 1. The summed E-state index contributed by atoms with van der Waals surface area (Å²) in [6.45, 7) is 2.27. The summed E-state index contributed by atoms with van der Waals surface area (Å²) in [5, 5.41) is 24.3. The van der Waals surface area contributed by atoms with Crippen LogP contribution in [0, 0.1) is 11.6 Å². The Balaban J connectivity index is 1.63. The minimum Gasteiger partial charge on any atom is -0.502 e. The Morgan fingerprint density at radius 3 is 2.69 bits per heavy atom. The van der Waals surface area contributed by atoms with Crippen LogP contribution in [0.1, 0.15) is 72.2 Å². The molecule has 4 heterocycles. The van der Waals surface area contributed by atoms with Gasteiger partial charge in [-0.1, -0.05) is 44.0 Å². The first-order valence-corrected chi connectivity index (χ1v) is 14.2. The molecule has 0 spiro atoms. The van der Waals surface area contributed by atoms with E-state index in [1.54, 1.807) is 11.0 Å². The minimum atomic E-state index is -1.04. The van der Waals surface area contributed by atoms with Crippen LogP contribution >= 0.6 is 11.8 Å². The second kappa shape index (κ2) is 9.67. The third kappa shape index (κ3) is 4.12. The number of benzene rings is 2. The summed E-state index contributed by atoms with van der Waals surface area (Å²) >= 11 is 1.40.